The van der Waals surface area contributed by atoms with E-state index in [1.807, 2.05) is 12.1 Å². The van der Waals surface area contributed by atoms with Gasteiger partial charge in [-0.05, 0) is 31.4 Å². The minimum absolute atomic E-state index is 0.339. The second-order valence-corrected chi connectivity index (χ2v) is 7.23. The third-order valence-electron chi connectivity index (χ3n) is 5.08. The first-order valence-corrected chi connectivity index (χ1v) is 9.11. The standard InChI is InChI=1S/C18H23ClN4O/c1-13(15-4-2-3-5-16(15)19)23-10-8-22(9-11-23)12-17-20-21-18(24-17)14-6-7-14/h2-5,13-14H,6-12H2,1H3. The molecule has 1 aliphatic carbocycles. The van der Waals surface area contributed by atoms with E-state index in [-0.39, 0.29) is 0 Å². The summed E-state index contributed by atoms with van der Waals surface area (Å²) in [5.74, 6) is 2.11. The Morgan fingerprint density at radius 2 is 1.92 bits per heavy atom. The molecule has 2 aliphatic rings. The molecule has 0 spiro atoms. The molecular formula is C18H23ClN4O. The van der Waals surface area contributed by atoms with E-state index >= 15 is 0 Å². The van der Waals surface area contributed by atoms with Gasteiger partial charge in [-0.3, -0.25) is 9.80 Å². The van der Waals surface area contributed by atoms with E-state index in [2.05, 4.69) is 39.1 Å². The van der Waals surface area contributed by atoms with Gasteiger partial charge in [0.05, 0.1) is 6.54 Å². The number of rotatable bonds is 5. The maximum absolute atomic E-state index is 6.34. The van der Waals surface area contributed by atoms with Crippen LogP contribution in [0.25, 0.3) is 0 Å². The van der Waals surface area contributed by atoms with Crippen LogP contribution in [-0.4, -0.2) is 46.2 Å². The van der Waals surface area contributed by atoms with Crippen molar-refractivity contribution in [3.8, 4) is 0 Å². The summed E-state index contributed by atoms with van der Waals surface area (Å²) in [6.07, 6.45) is 2.39. The predicted octanol–water partition coefficient (Wildman–Crippen LogP) is 3.48. The molecule has 2 heterocycles. The first-order valence-electron chi connectivity index (χ1n) is 8.74. The van der Waals surface area contributed by atoms with Crippen LogP contribution in [0.4, 0.5) is 0 Å². The molecule has 1 aromatic carbocycles. The van der Waals surface area contributed by atoms with E-state index in [0.717, 1.165) is 49.5 Å². The number of piperazine rings is 1. The van der Waals surface area contributed by atoms with Crippen molar-refractivity contribution in [1.29, 1.82) is 0 Å². The Hall–Kier alpha value is -1.43. The summed E-state index contributed by atoms with van der Waals surface area (Å²) in [6, 6.07) is 8.47. The van der Waals surface area contributed by atoms with Gasteiger partial charge >= 0.3 is 0 Å². The third kappa shape index (κ3) is 3.48. The first kappa shape index (κ1) is 16.1. The van der Waals surface area contributed by atoms with E-state index in [4.69, 9.17) is 16.0 Å². The Morgan fingerprint density at radius 1 is 1.17 bits per heavy atom. The molecule has 2 fully saturated rings. The van der Waals surface area contributed by atoms with Crippen LogP contribution in [0.15, 0.2) is 28.7 Å². The fourth-order valence-electron chi connectivity index (χ4n) is 3.34. The molecule has 1 saturated carbocycles. The van der Waals surface area contributed by atoms with Crippen molar-refractivity contribution in [2.75, 3.05) is 26.2 Å². The Bertz CT molecular complexity index is 692. The van der Waals surface area contributed by atoms with Gasteiger partial charge in [-0.15, -0.1) is 10.2 Å². The fraction of sp³-hybridized carbons (Fsp3) is 0.556. The Balaban J connectivity index is 1.32. The van der Waals surface area contributed by atoms with E-state index in [9.17, 15) is 0 Å². The number of aromatic nitrogens is 2. The summed E-state index contributed by atoms with van der Waals surface area (Å²) in [5, 5.41) is 9.22. The Labute approximate surface area is 147 Å². The van der Waals surface area contributed by atoms with Crippen molar-refractivity contribution in [2.45, 2.75) is 38.3 Å². The van der Waals surface area contributed by atoms with Crippen LogP contribution in [0.5, 0.6) is 0 Å². The molecule has 0 amide bonds. The van der Waals surface area contributed by atoms with Crippen LogP contribution >= 0.6 is 11.6 Å². The molecule has 2 aromatic rings. The monoisotopic (exact) mass is 346 g/mol. The van der Waals surface area contributed by atoms with Crippen LogP contribution < -0.4 is 0 Å². The molecule has 0 bridgehead atoms. The highest BCUT2D eigenvalue weighted by atomic mass is 35.5. The quantitative estimate of drug-likeness (QED) is 0.829. The largest absolute Gasteiger partial charge is 0.424 e. The van der Waals surface area contributed by atoms with Gasteiger partial charge in [0.2, 0.25) is 11.8 Å². The van der Waals surface area contributed by atoms with Gasteiger partial charge in [-0.25, -0.2) is 0 Å². The number of benzene rings is 1. The predicted molar refractivity (Wildman–Crippen MR) is 93.0 cm³/mol. The highest BCUT2D eigenvalue weighted by Crippen LogP contribution is 2.39. The Morgan fingerprint density at radius 3 is 2.62 bits per heavy atom. The molecule has 1 aromatic heterocycles. The zero-order valence-corrected chi connectivity index (χ0v) is 14.7. The molecule has 24 heavy (non-hydrogen) atoms. The summed E-state index contributed by atoms with van der Waals surface area (Å²) in [5.41, 5.74) is 1.21. The molecule has 4 rings (SSSR count). The van der Waals surface area contributed by atoms with Gasteiger partial charge in [0.25, 0.3) is 0 Å². The normalized spacial score (nSPS) is 21.1. The molecule has 1 atom stereocenters. The maximum atomic E-state index is 6.34. The van der Waals surface area contributed by atoms with Crippen molar-refractivity contribution < 1.29 is 4.42 Å². The molecule has 6 heteroatoms. The lowest BCUT2D eigenvalue weighted by atomic mass is 10.1. The molecule has 0 N–H and O–H groups in total. The van der Waals surface area contributed by atoms with Crippen molar-refractivity contribution in [1.82, 2.24) is 20.0 Å². The molecule has 128 valence electrons. The van der Waals surface area contributed by atoms with Crippen molar-refractivity contribution in [2.24, 2.45) is 0 Å². The minimum atomic E-state index is 0.339. The molecule has 0 radical (unpaired) electrons. The van der Waals surface area contributed by atoms with Crippen molar-refractivity contribution in [3.63, 3.8) is 0 Å². The maximum Gasteiger partial charge on any atom is 0.230 e. The molecule has 1 aliphatic heterocycles. The fourth-order valence-corrected chi connectivity index (χ4v) is 3.63. The summed E-state index contributed by atoms with van der Waals surface area (Å²) < 4.78 is 5.77. The molecule has 1 saturated heterocycles. The van der Waals surface area contributed by atoms with Gasteiger partial charge in [-0.2, -0.15) is 0 Å². The van der Waals surface area contributed by atoms with Gasteiger partial charge in [0.1, 0.15) is 0 Å². The van der Waals surface area contributed by atoms with Gasteiger partial charge < -0.3 is 4.42 Å². The van der Waals surface area contributed by atoms with Crippen LogP contribution in [0.2, 0.25) is 5.02 Å². The lowest BCUT2D eigenvalue weighted by Crippen LogP contribution is -2.46. The van der Waals surface area contributed by atoms with Crippen LogP contribution in [0.3, 0.4) is 0 Å². The summed E-state index contributed by atoms with van der Waals surface area (Å²) >= 11 is 6.34. The van der Waals surface area contributed by atoms with Crippen LogP contribution in [0.1, 0.15) is 49.1 Å². The second kappa shape index (κ2) is 6.82. The van der Waals surface area contributed by atoms with E-state index in [1.165, 1.54) is 18.4 Å². The molecule has 1 unspecified atom stereocenters. The third-order valence-corrected chi connectivity index (χ3v) is 5.42. The minimum Gasteiger partial charge on any atom is -0.424 e. The number of halogens is 1. The lowest BCUT2D eigenvalue weighted by molar-refractivity contribution is 0.0918. The highest BCUT2D eigenvalue weighted by Gasteiger charge is 2.30. The van der Waals surface area contributed by atoms with Gasteiger partial charge in [0.15, 0.2) is 0 Å². The zero-order valence-electron chi connectivity index (χ0n) is 14.0. The summed E-state index contributed by atoms with van der Waals surface area (Å²) in [6.45, 7) is 7.06. The van der Waals surface area contributed by atoms with E-state index in [0.29, 0.717) is 12.0 Å². The lowest BCUT2D eigenvalue weighted by Gasteiger charge is -2.37. The second-order valence-electron chi connectivity index (χ2n) is 6.82. The van der Waals surface area contributed by atoms with E-state index in [1.54, 1.807) is 0 Å². The van der Waals surface area contributed by atoms with Crippen LogP contribution in [-0.2, 0) is 6.54 Å². The van der Waals surface area contributed by atoms with Gasteiger partial charge in [0, 0.05) is 43.2 Å². The first-order chi connectivity index (χ1) is 11.7. The van der Waals surface area contributed by atoms with Crippen LogP contribution in [0, 0.1) is 0 Å². The summed E-state index contributed by atoms with van der Waals surface area (Å²) in [4.78, 5) is 4.88. The van der Waals surface area contributed by atoms with Gasteiger partial charge in [-0.1, -0.05) is 29.8 Å². The number of hydrogen-bond acceptors (Lipinski definition) is 5. The van der Waals surface area contributed by atoms with E-state index < -0.39 is 0 Å². The molecular weight excluding hydrogens is 324 g/mol. The van der Waals surface area contributed by atoms with Crippen molar-refractivity contribution >= 4 is 11.6 Å². The highest BCUT2D eigenvalue weighted by molar-refractivity contribution is 6.31. The zero-order chi connectivity index (χ0) is 16.5. The number of hydrogen-bond donors (Lipinski definition) is 0. The molecule has 5 nitrogen and oxygen atoms in total. The summed E-state index contributed by atoms with van der Waals surface area (Å²) in [7, 11) is 0. The topological polar surface area (TPSA) is 45.4 Å². The van der Waals surface area contributed by atoms with Crippen molar-refractivity contribution in [3.05, 3.63) is 46.6 Å². The Kier molecular flexibility index (Phi) is 4.57. The average Bonchev–Trinajstić information content (AvgIpc) is 3.35. The average molecular weight is 347 g/mol. The number of nitrogens with zero attached hydrogens (tertiary/aromatic N) is 4. The SMILES string of the molecule is CC(c1ccccc1Cl)N1CCN(Cc2nnc(C3CC3)o2)CC1. The smallest absolute Gasteiger partial charge is 0.230 e.